The van der Waals surface area contributed by atoms with E-state index in [0.717, 1.165) is 33.8 Å². The Morgan fingerprint density at radius 3 is 2.25 bits per heavy atom. The van der Waals surface area contributed by atoms with Crippen molar-refractivity contribution in [3.8, 4) is 17.2 Å². The standard InChI is InChI=1S/C38H36FN3O5S/c1-6-45-31-16-10-27(11-17-31)35-34(37(44)46-7-2)24(4)40-38-42(35)36(43)33(48-38)21-28-20-23(3)41(25(28)5)30-14-18-32(19-15-30)47-22-26-8-12-29(39)13-9-26/h8-21,35H,6-7,22H2,1-5H3/b33-21-/t35-/m0/s1. The number of carbonyl (C=O) groups excluding carboxylic acids is 1. The molecule has 5 aromatic rings. The van der Waals surface area contributed by atoms with E-state index in [1.165, 1.54) is 23.5 Å². The molecule has 0 amide bonds. The summed E-state index contributed by atoms with van der Waals surface area (Å²) in [5.74, 6) is 0.628. The van der Waals surface area contributed by atoms with Gasteiger partial charge in [0.1, 0.15) is 23.9 Å². The Labute approximate surface area is 281 Å². The number of fused-ring (bicyclic) bond motifs is 1. The highest BCUT2D eigenvalue weighted by molar-refractivity contribution is 7.07. The summed E-state index contributed by atoms with van der Waals surface area (Å²) in [4.78, 5) is 32.6. The number of hydrogen-bond donors (Lipinski definition) is 0. The van der Waals surface area contributed by atoms with Crippen LogP contribution >= 0.6 is 11.3 Å². The maximum Gasteiger partial charge on any atom is 0.338 e. The van der Waals surface area contributed by atoms with Crippen LogP contribution in [0.5, 0.6) is 11.5 Å². The molecule has 246 valence electrons. The first-order valence-corrected chi connectivity index (χ1v) is 16.6. The van der Waals surface area contributed by atoms with Crippen molar-refractivity contribution in [2.24, 2.45) is 4.99 Å². The molecule has 0 saturated carbocycles. The molecule has 0 fully saturated rings. The number of allylic oxidation sites excluding steroid dienone is 1. The molecule has 0 spiro atoms. The number of rotatable bonds is 10. The molecule has 1 aliphatic heterocycles. The highest BCUT2D eigenvalue weighted by Crippen LogP contribution is 2.32. The van der Waals surface area contributed by atoms with Crippen molar-refractivity contribution < 1.29 is 23.4 Å². The van der Waals surface area contributed by atoms with Gasteiger partial charge in [0.15, 0.2) is 4.80 Å². The van der Waals surface area contributed by atoms with Crippen LogP contribution in [-0.2, 0) is 16.1 Å². The summed E-state index contributed by atoms with van der Waals surface area (Å²) in [6, 6.07) is 22.8. The molecule has 0 unspecified atom stereocenters. The van der Waals surface area contributed by atoms with Crippen LogP contribution in [0.4, 0.5) is 4.39 Å². The van der Waals surface area contributed by atoms with Crippen LogP contribution < -0.4 is 24.4 Å². The number of hydrogen-bond acceptors (Lipinski definition) is 7. The van der Waals surface area contributed by atoms with E-state index in [4.69, 9.17) is 19.2 Å². The van der Waals surface area contributed by atoms with Crippen LogP contribution in [0.25, 0.3) is 11.8 Å². The molecular formula is C38H36FN3O5S. The zero-order valence-electron chi connectivity index (χ0n) is 27.5. The molecule has 48 heavy (non-hydrogen) atoms. The van der Waals surface area contributed by atoms with Crippen LogP contribution in [0, 0.1) is 19.7 Å². The van der Waals surface area contributed by atoms with E-state index in [2.05, 4.69) is 4.57 Å². The summed E-state index contributed by atoms with van der Waals surface area (Å²) in [6.45, 7) is 10.5. The predicted octanol–water partition coefficient (Wildman–Crippen LogP) is 6.32. The Morgan fingerprint density at radius 1 is 0.917 bits per heavy atom. The Kier molecular flexibility index (Phi) is 9.45. The smallest absolute Gasteiger partial charge is 0.338 e. The SMILES string of the molecule is CCOC(=O)C1=C(C)N=c2s/c(=C\c3cc(C)n(-c4ccc(OCc5ccc(F)cc5)cc4)c3C)c(=O)n2[C@H]1c1ccc(OCC)cc1. The lowest BCUT2D eigenvalue weighted by Crippen LogP contribution is -2.39. The summed E-state index contributed by atoms with van der Waals surface area (Å²) >= 11 is 1.29. The third-order valence-corrected chi connectivity index (χ3v) is 9.18. The maximum atomic E-state index is 14.1. The number of carbonyl (C=O) groups is 1. The van der Waals surface area contributed by atoms with Gasteiger partial charge in [-0.25, -0.2) is 14.2 Å². The molecule has 1 aliphatic rings. The Hall–Kier alpha value is -5.22. The first-order valence-electron chi connectivity index (χ1n) is 15.8. The van der Waals surface area contributed by atoms with Gasteiger partial charge in [0.25, 0.3) is 5.56 Å². The van der Waals surface area contributed by atoms with Crippen molar-refractivity contribution in [2.75, 3.05) is 13.2 Å². The summed E-state index contributed by atoms with van der Waals surface area (Å²) in [6.07, 6.45) is 1.89. The molecule has 6 rings (SSSR count). The molecule has 0 N–H and O–H groups in total. The number of ether oxygens (including phenoxy) is 3. The zero-order valence-corrected chi connectivity index (χ0v) is 28.3. The van der Waals surface area contributed by atoms with E-state index < -0.39 is 12.0 Å². The third kappa shape index (κ3) is 6.48. The van der Waals surface area contributed by atoms with Gasteiger partial charge in [-0.2, -0.15) is 0 Å². The molecule has 1 atom stereocenters. The molecule has 0 aliphatic carbocycles. The summed E-state index contributed by atoms with van der Waals surface area (Å²) in [5, 5.41) is 0. The van der Waals surface area contributed by atoms with Gasteiger partial charge in [0.2, 0.25) is 0 Å². The highest BCUT2D eigenvalue weighted by atomic mass is 32.1. The number of aryl methyl sites for hydroxylation is 1. The average molecular weight is 666 g/mol. The van der Waals surface area contributed by atoms with Gasteiger partial charge in [-0.1, -0.05) is 35.6 Å². The normalized spacial score (nSPS) is 14.5. The fourth-order valence-corrected chi connectivity index (χ4v) is 6.97. The van der Waals surface area contributed by atoms with Crippen LogP contribution in [0.2, 0.25) is 0 Å². The van der Waals surface area contributed by atoms with Gasteiger partial charge in [-0.3, -0.25) is 9.36 Å². The second-order valence-electron chi connectivity index (χ2n) is 11.4. The van der Waals surface area contributed by atoms with Crippen molar-refractivity contribution in [3.63, 3.8) is 0 Å². The second kappa shape index (κ2) is 13.9. The van der Waals surface area contributed by atoms with Gasteiger partial charge in [0, 0.05) is 17.1 Å². The van der Waals surface area contributed by atoms with Crippen molar-refractivity contribution in [1.82, 2.24) is 9.13 Å². The Morgan fingerprint density at radius 2 is 1.58 bits per heavy atom. The Balaban J connectivity index is 1.34. The van der Waals surface area contributed by atoms with E-state index >= 15 is 0 Å². The number of esters is 1. The first-order chi connectivity index (χ1) is 23.2. The number of benzene rings is 3. The predicted molar refractivity (Wildman–Crippen MR) is 184 cm³/mol. The van der Waals surface area contributed by atoms with Gasteiger partial charge < -0.3 is 18.8 Å². The zero-order chi connectivity index (χ0) is 33.9. The van der Waals surface area contributed by atoms with Gasteiger partial charge in [-0.15, -0.1) is 0 Å². The lowest BCUT2D eigenvalue weighted by molar-refractivity contribution is -0.139. The molecule has 3 aromatic carbocycles. The van der Waals surface area contributed by atoms with E-state index in [0.29, 0.717) is 45.3 Å². The molecule has 0 bridgehead atoms. The molecule has 3 heterocycles. The van der Waals surface area contributed by atoms with Crippen molar-refractivity contribution in [2.45, 2.75) is 47.3 Å². The molecule has 0 saturated heterocycles. The van der Waals surface area contributed by atoms with E-state index in [1.807, 2.05) is 81.4 Å². The molecular weight excluding hydrogens is 629 g/mol. The number of thiazole rings is 1. The van der Waals surface area contributed by atoms with Gasteiger partial charge in [0.05, 0.1) is 35.1 Å². The average Bonchev–Trinajstić information content (AvgIpc) is 3.53. The van der Waals surface area contributed by atoms with Crippen LogP contribution in [-0.4, -0.2) is 28.3 Å². The van der Waals surface area contributed by atoms with Gasteiger partial charge >= 0.3 is 5.97 Å². The second-order valence-corrected chi connectivity index (χ2v) is 12.4. The Bertz CT molecular complexity index is 2180. The van der Waals surface area contributed by atoms with Crippen molar-refractivity contribution in [3.05, 3.63) is 144 Å². The molecule has 2 aromatic heterocycles. The highest BCUT2D eigenvalue weighted by Gasteiger charge is 2.33. The quantitative estimate of drug-likeness (QED) is 0.163. The van der Waals surface area contributed by atoms with Crippen molar-refractivity contribution in [1.29, 1.82) is 0 Å². The maximum absolute atomic E-state index is 14.1. The van der Waals surface area contributed by atoms with Crippen molar-refractivity contribution >= 4 is 23.4 Å². The topological polar surface area (TPSA) is 84.0 Å². The third-order valence-electron chi connectivity index (χ3n) is 8.19. The summed E-state index contributed by atoms with van der Waals surface area (Å²) < 4.78 is 34.4. The number of halogens is 1. The minimum Gasteiger partial charge on any atom is -0.494 e. The summed E-state index contributed by atoms with van der Waals surface area (Å²) in [5.41, 5.74) is 6.06. The van der Waals surface area contributed by atoms with E-state index in [9.17, 15) is 14.0 Å². The van der Waals surface area contributed by atoms with Crippen LogP contribution in [0.15, 0.2) is 99.9 Å². The summed E-state index contributed by atoms with van der Waals surface area (Å²) in [7, 11) is 0. The first kappa shape index (κ1) is 32.7. The van der Waals surface area contributed by atoms with E-state index in [1.54, 1.807) is 30.5 Å². The lowest BCUT2D eigenvalue weighted by Gasteiger charge is -2.24. The minimum atomic E-state index is -0.700. The molecule has 0 radical (unpaired) electrons. The number of nitrogens with zero attached hydrogens (tertiary/aromatic N) is 3. The van der Waals surface area contributed by atoms with Gasteiger partial charge in [-0.05, 0) is 112 Å². The number of aromatic nitrogens is 2. The lowest BCUT2D eigenvalue weighted by atomic mass is 9.96. The fourth-order valence-electron chi connectivity index (χ4n) is 5.93. The van der Waals surface area contributed by atoms with Crippen LogP contribution in [0.3, 0.4) is 0 Å². The van der Waals surface area contributed by atoms with Crippen LogP contribution in [0.1, 0.15) is 54.9 Å². The fraction of sp³-hybridized carbons (Fsp3) is 0.237. The molecule has 8 nitrogen and oxygen atoms in total. The molecule has 10 heteroatoms. The van der Waals surface area contributed by atoms with E-state index in [-0.39, 0.29) is 18.0 Å². The largest absolute Gasteiger partial charge is 0.494 e. The minimum absolute atomic E-state index is 0.206. The monoisotopic (exact) mass is 665 g/mol.